The highest BCUT2D eigenvalue weighted by Gasteiger charge is 2.33. The van der Waals surface area contributed by atoms with Crippen LogP contribution in [0.4, 0.5) is 0 Å². The monoisotopic (exact) mass is 311 g/mol. The molecule has 0 bridgehead atoms. The lowest BCUT2D eigenvalue weighted by atomic mass is 9.96. The van der Waals surface area contributed by atoms with Crippen LogP contribution in [0.15, 0.2) is 55.3 Å². The Labute approximate surface area is 136 Å². The number of ether oxygens (including phenoxy) is 1. The van der Waals surface area contributed by atoms with Gasteiger partial charge in [0, 0.05) is 19.8 Å². The first-order valence-corrected chi connectivity index (χ1v) is 7.76. The van der Waals surface area contributed by atoms with E-state index in [1.165, 1.54) is 0 Å². The second-order valence-electron chi connectivity index (χ2n) is 5.63. The van der Waals surface area contributed by atoms with E-state index in [0.29, 0.717) is 19.8 Å². The summed E-state index contributed by atoms with van der Waals surface area (Å²) in [6.45, 7) is 5.48. The molecule has 2 atom stereocenters. The molecule has 1 aromatic heterocycles. The lowest BCUT2D eigenvalue weighted by Gasteiger charge is -2.37. The van der Waals surface area contributed by atoms with Crippen molar-refractivity contribution in [3.05, 3.63) is 66.5 Å². The largest absolute Gasteiger partial charge is 0.377 e. The van der Waals surface area contributed by atoms with Gasteiger partial charge in [0.25, 0.3) is 0 Å². The molecule has 0 saturated carbocycles. The third-order valence-corrected chi connectivity index (χ3v) is 4.27. The Bertz CT molecular complexity index is 681. The summed E-state index contributed by atoms with van der Waals surface area (Å²) in [5.74, 6) is -0.286. The van der Waals surface area contributed by atoms with Crippen LogP contribution in [-0.2, 0) is 16.6 Å². The Hall–Kier alpha value is -2.40. The van der Waals surface area contributed by atoms with Gasteiger partial charge in [-0.1, -0.05) is 36.4 Å². The maximum Gasteiger partial charge on any atom is 0.234 e. The van der Waals surface area contributed by atoms with E-state index in [1.807, 2.05) is 48.3 Å². The number of benzene rings is 1. The van der Waals surface area contributed by atoms with Crippen molar-refractivity contribution in [2.45, 2.75) is 12.0 Å². The first kappa shape index (κ1) is 15.5. The molecule has 5 heteroatoms. The third-order valence-electron chi connectivity index (χ3n) is 4.27. The van der Waals surface area contributed by atoms with Crippen molar-refractivity contribution >= 4 is 5.91 Å². The molecule has 1 aliphatic heterocycles. The van der Waals surface area contributed by atoms with Crippen LogP contribution in [0.5, 0.6) is 0 Å². The van der Waals surface area contributed by atoms with Crippen LogP contribution in [0.25, 0.3) is 0 Å². The van der Waals surface area contributed by atoms with Gasteiger partial charge in [-0.05, 0) is 11.6 Å². The highest BCUT2D eigenvalue weighted by atomic mass is 16.5. The molecule has 0 N–H and O–H groups in total. The average Bonchev–Trinajstić information content (AvgIpc) is 3.02. The zero-order chi connectivity index (χ0) is 16.2. The number of morpholine rings is 1. The zero-order valence-corrected chi connectivity index (χ0v) is 13.3. The Kier molecular flexibility index (Phi) is 4.57. The number of hydrogen-bond donors (Lipinski definition) is 0. The van der Waals surface area contributed by atoms with E-state index in [-0.39, 0.29) is 17.9 Å². The van der Waals surface area contributed by atoms with Crippen molar-refractivity contribution < 1.29 is 9.53 Å². The van der Waals surface area contributed by atoms with Gasteiger partial charge in [0.05, 0.1) is 30.9 Å². The van der Waals surface area contributed by atoms with Gasteiger partial charge < -0.3 is 9.64 Å². The number of aromatic nitrogens is 2. The number of nitrogens with zero attached hydrogens (tertiary/aromatic N) is 3. The van der Waals surface area contributed by atoms with Crippen molar-refractivity contribution in [3.63, 3.8) is 0 Å². The smallest absolute Gasteiger partial charge is 0.234 e. The molecule has 1 fully saturated rings. The minimum Gasteiger partial charge on any atom is -0.377 e. The summed E-state index contributed by atoms with van der Waals surface area (Å²) in [5.41, 5.74) is 1.94. The summed E-state index contributed by atoms with van der Waals surface area (Å²) in [6.07, 6.45) is 3.46. The minimum atomic E-state index is -0.343. The summed E-state index contributed by atoms with van der Waals surface area (Å²) < 4.78 is 7.40. The van der Waals surface area contributed by atoms with E-state index in [9.17, 15) is 4.79 Å². The molecule has 2 heterocycles. The maximum absolute atomic E-state index is 13.1. The normalized spacial score (nSPS) is 19.3. The molecule has 1 aliphatic rings. The number of rotatable bonds is 4. The highest BCUT2D eigenvalue weighted by molar-refractivity contribution is 5.86. The molecule has 2 unspecified atom stereocenters. The summed E-state index contributed by atoms with van der Waals surface area (Å²) in [7, 11) is 1.88. The number of aryl methyl sites for hydroxylation is 1. The summed E-state index contributed by atoms with van der Waals surface area (Å²) in [4.78, 5) is 15.0. The molecule has 5 nitrogen and oxygen atoms in total. The van der Waals surface area contributed by atoms with Gasteiger partial charge in [-0.2, -0.15) is 5.10 Å². The number of carbonyl (C=O) groups is 1. The second kappa shape index (κ2) is 6.79. The predicted molar refractivity (Wildman–Crippen MR) is 87.9 cm³/mol. The van der Waals surface area contributed by atoms with Crippen LogP contribution in [0.3, 0.4) is 0 Å². The topological polar surface area (TPSA) is 47.4 Å². The van der Waals surface area contributed by atoms with Crippen molar-refractivity contribution in [3.8, 4) is 0 Å². The summed E-state index contributed by atoms with van der Waals surface area (Å²) in [5, 5.41) is 4.21. The molecule has 0 aliphatic carbocycles. The summed E-state index contributed by atoms with van der Waals surface area (Å²) >= 11 is 0. The maximum atomic E-state index is 13.1. The van der Waals surface area contributed by atoms with Crippen molar-refractivity contribution in [2.24, 2.45) is 7.05 Å². The first-order chi connectivity index (χ1) is 11.2. The van der Waals surface area contributed by atoms with E-state index in [0.717, 1.165) is 11.3 Å². The van der Waals surface area contributed by atoms with E-state index in [1.54, 1.807) is 17.0 Å². The van der Waals surface area contributed by atoms with Crippen molar-refractivity contribution in [1.82, 2.24) is 14.7 Å². The lowest BCUT2D eigenvalue weighted by Crippen LogP contribution is -2.45. The van der Waals surface area contributed by atoms with E-state index >= 15 is 0 Å². The highest BCUT2D eigenvalue weighted by Crippen LogP contribution is 2.28. The Morgan fingerprint density at radius 1 is 1.39 bits per heavy atom. The average molecular weight is 311 g/mol. The van der Waals surface area contributed by atoms with Gasteiger partial charge >= 0.3 is 0 Å². The number of amides is 1. The zero-order valence-electron chi connectivity index (χ0n) is 13.3. The molecule has 1 saturated heterocycles. The molecule has 0 radical (unpaired) electrons. The van der Waals surface area contributed by atoms with E-state index in [2.05, 4.69) is 11.7 Å². The first-order valence-electron chi connectivity index (χ1n) is 7.76. The molecule has 1 aromatic carbocycles. The van der Waals surface area contributed by atoms with Gasteiger partial charge in [-0.15, -0.1) is 6.58 Å². The second-order valence-corrected chi connectivity index (χ2v) is 5.63. The number of hydrogen-bond acceptors (Lipinski definition) is 3. The molecule has 23 heavy (non-hydrogen) atoms. The fourth-order valence-electron chi connectivity index (χ4n) is 3.04. The van der Waals surface area contributed by atoms with Crippen LogP contribution < -0.4 is 0 Å². The molecular weight excluding hydrogens is 290 g/mol. The Morgan fingerprint density at radius 2 is 2.17 bits per heavy atom. The Balaban J connectivity index is 1.89. The van der Waals surface area contributed by atoms with Crippen LogP contribution >= 0.6 is 0 Å². The quantitative estimate of drug-likeness (QED) is 0.814. The predicted octanol–water partition coefficient (Wildman–Crippen LogP) is 2.29. The SMILES string of the molecule is C=CC(C(=O)N1CCOCC1c1ccnn1C)c1ccccc1. The van der Waals surface area contributed by atoms with Gasteiger partial charge in [0.15, 0.2) is 0 Å². The van der Waals surface area contributed by atoms with E-state index < -0.39 is 0 Å². The molecule has 3 rings (SSSR count). The minimum absolute atomic E-state index is 0.0562. The third kappa shape index (κ3) is 3.05. The fourth-order valence-corrected chi connectivity index (χ4v) is 3.04. The molecular formula is C18H21N3O2. The van der Waals surface area contributed by atoms with Crippen LogP contribution in [0.1, 0.15) is 23.2 Å². The van der Waals surface area contributed by atoms with Gasteiger partial charge in [-0.3, -0.25) is 9.48 Å². The fraction of sp³-hybridized carbons (Fsp3) is 0.333. The van der Waals surface area contributed by atoms with Crippen LogP contribution in [0.2, 0.25) is 0 Å². The molecule has 2 aromatic rings. The van der Waals surface area contributed by atoms with Crippen molar-refractivity contribution in [1.29, 1.82) is 0 Å². The standard InChI is InChI=1S/C18H21N3O2/c1-3-15(14-7-5-4-6-8-14)18(22)21-11-12-23-13-17(21)16-9-10-19-20(16)2/h3-10,15,17H,1,11-13H2,2H3. The Morgan fingerprint density at radius 3 is 2.83 bits per heavy atom. The van der Waals surface area contributed by atoms with Crippen LogP contribution in [0, 0.1) is 0 Å². The van der Waals surface area contributed by atoms with Gasteiger partial charge in [0.2, 0.25) is 5.91 Å². The van der Waals surface area contributed by atoms with Crippen LogP contribution in [-0.4, -0.2) is 40.3 Å². The molecule has 1 amide bonds. The molecule has 0 spiro atoms. The van der Waals surface area contributed by atoms with E-state index in [4.69, 9.17) is 4.74 Å². The van der Waals surface area contributed by atoms with Gasteiger partial charge in [-0.25, -0.2) is 0 Å². The van der Waals surface area contributed by atoms with Gasteiger partial charge in [0.1, 0.15) is 0 Å². The lowest BCUT2D eigenvalue weighted by molar-refractivity contribution is -0.141. The molecule has 120 valence electrons. The number of carbonyl (C=O) groups excluding carboxylic acids is 1. The van der Waals surface area contributed by atoms with Crippen molar-refractivity contribution in [2.75, 3.05) is 19.8 Å². The summed E-state index contributed by atoms with van der Waals surface area (Å²) in [6, 6.07) is 11.6.